The highest BCUT2D eigenvalue weighted by Gasteiger charge is 2.30. The monoisotopic (exact) mass is 484 g/mol. The molecule has 168 valence electrons. The van der Waals surface area contributed by atoms with Crippen LogP contribution in [0.5, 0.6) is 0 Å². The molecule has 0 unspecified atom stereocenters. The average Bonchev–Trinajstić information content (AvgIpc) is 3.05. The molecule has 10 heteroatoms. The number of carbonyl (C=O) groups excluding carboxylic acids is 2. The molecule has 0 spiro atoms. The van der Waals surface area contributed by atoms with Gasteiger partial charge in [-0.25, -0.2) is 13.2 Å². The van der Waals surface area contributed by atoms with Gasteiger partial charge in [0.1, 0.15) is 10.8 Å². The van der Waals surface area contributed by atoms with Gasteiger partial charge in [0.15, 0.2) is 9.84 Å². The molecule has 1 aromatic heterocycles. The number of hydrogen-bond acceptors (Lipinski definition) is 7. The lowest BCUT2D eigenvalue weighted by molar-refractivity contribution is -0.113. The predicted octanol–water partition coefficient (Wildman–Crippen LogP) is 3.76. The van der Waals surface area contributed by atoms with Crippen LogP contribution >= 0.6 is 22.9 Å². The van der Waals surface area contributed by atoms with E-state index >= 15 is 0 Å². The van der Waals surface area contributed by atoms with Crippen molar-refractivity contribution in [2.75, 3.05) is 30.8 Å². The summed E-state index contributed by atoms with van der Waals surface area (Å²) in [6.45, 7) is 6.51. The number of thiophene rings is 1. The van der Waals surface area contributed by atoms with Crippen LogP contribution in [0.15, 0.2) is 29.2 Å². The zero-order valence-corrected chi connectivity index (χ0v) is 19.8. The standard InChI is InChI=1S/C21H25ClN2O5S2/c1-3-10-24-11-9-16-17(12-24)30-20(19(16)21(26)29-4-2)23-18(25)13-31(27,28)15-7-5-14(22)6-8-15/h5-8H,3-4,9-13H2,1-2H3,(H,23,25). The van der Waals surface area contributed by atoms with Gasteiger partial charge in [0.25, 0.3) is 0 Å². The average molecular weight is 485 g/mol. The molecule has 0 atom stereocenters. The van der Waals surface area contributed by atoms with Gasteiger partial charge in [0.05, 0.1) is 17.1 Å². The highest BCUT2D eigenvalue weighted by molar-refractivity contribution is 7.92. The van der Waals surface area contributed by atoms with Gasteiger partial charge >= 0.3 is 5.97 Å². The number of halogens is 1. The van der Waals surface area contributed by atoms with Gasteiger partial charge in [-0.3, -0.25) is 9.69 Å². The van der Waals surface area contributed by atoms with Crippen molar-refractivity contribution in [1.29, 1.82) is 0 Å². The maximum atomic E-state index is 12.6. The number of amides is 1. The third kappa shape index (κ3) is 5.65. The largest absolute Gasteiger partial charge is 0.462 e. The lowest BCUT2D eigenvalue weighted by Gasteiger charge is -2.26. The normalized spacial score (nSPS) is 14.2. The quantitative estimate of drug-likeness (QED) is 0.573. The summed E-state index contributed by atoms with van der Waals surface area (Å²) in [6.07, 6.45) is 1.70. The third-order valence-electron chi connectivity index (χ3n) is 4.90. The van der Waals surface area contributed by atoms with Crippen molar-refractivity contribution in [3.63, 3.8) is 0 Å². The van der Waals surface area contributed by atoms with Crippen LogP contribution in [0.2, 0.25) is 5.02 Å². The minimum atomic E-state index is -3.85. The van der Waals surface area contributed by atoms with E-state index in [4.69, 9.17) is 16.3 Å². The topological polar surface area (TPSA) is 92.8 Å². The summed E-state index contributed by atoms with van der Waals surface area (Å²) in [6, 6.07) is 5.64. The first-order valence-electron chi connectivity index (χ1n) is 10.1. The summed E-state index contributed by atoms with van der Waals surface area (Å²) in [7, 11) is -3.85. The summed E-state index contributed by atoms with van der Waals surface area (Å²) in [5.74, 6) is -1.94. The molecule has 0 saturated heterocycles. The molecule has 1 aromatic carbocycles. The molecule has 2 aromatic rings. The summed E-state index contributed by atoms with van der Waals surface area (Å²) in [4.78, 5) is 28.5. The molecule has 3 rings (SSSR count). The maximum absolute atomic E-state index is 12.6. The van der Waals surface area contributed by atoms with Gasteiger partial charge in [-0.15, -0.1) is 11.3 Å². The third-order valence-corrected chi connectivity index (χ3v) is 7.92. The zero-order chi connectivity index (χ0) is 22.6. The first-order valence-corrected chi connectivity index (χ1v) is 12.9. The van der Waals surface area contributed by atoms with Gasteiger partial charge in [0, 0.05) is 23.0 Å². The van der Waals surface area contributed by atoms with Crippen molar-refractivity contribution in [2.45, 2.75) is 38.1 Å². The molecule has 1 aliphatic heterocycles. The second kappa shape index (κ2) is 10.1. The number of rotatable bonds is 8. The molecule has 31 heavy (non-hydrogen) atoms. The van der Waals surface area contributed by atoms with Crippen LogP contribution in [0.4, 0.5) is 5.00 Å². The summed E-state index contributed by atoms with van der Waals surface area (Å²) < 4.78 is 30.4. The van der Waals surface area contributed by atoms with Crippen LogP contribution < -0.4 is 5.32 Å². The number of sulfone groups is 1. The Bertz CT molecular complexity index is 1060. The molecule has 0 aliphatic carbocycles. The Morgan fingerprint density at radius 2 is 1.94 bits per heavy atom. The van der Waals surface area contributed by atoms with Crippen molar-refractivity contribution in [3.05, 3.63) is 45.3 Å². The van der Waals surface area contributed by atoms with Gasteiger partial charge in [0.2, 0.25) is 5.91 Å². The van der Waals surface area contributed by atoms with E-state index in [0.717, 1.165) is 30.0 Å². The Balaban J connectivity index is 1.83. The van der Waals surface area contributed by atoms with E-state index < -0.39 is 27.5 Å². The fraction of sp³-hybridized carbons (Fsp3) is 0.429. The van der Waals surface area contributed by atoms with E-state index in [1.54, 1.807) is 6.92 Å². The van der Waals surface area contributed by atoms with E-state index in [1.165, 1.54) is 35.6 Å². The number of esters is 1. The van der Waals surface area contributed by atoms with E-state index in [0.29, 0.717) is 28.6 Å². The Labute approximate surface area is 191 Å². The van der Waals surface area contributed by atoms with Crippen LogP contribution in [-0.2, 0) is 32.3 Å². The Morgan fingerprint density at radius 3 is 2.58 bits per heavy atom. The Kier molecular flexibility index (Phi) is 7.74. The molecule has 0 saturated carbocycles. The first kappa shape index (κ1) is 23.7. The van der Waals surface area contributed by atoms with Crippen molar-refractivity contribution in [2.24, 2.45) is 0 Å². The number of fused-ring (bicyclic) bond motifs is 1. The van der Waals surface area contributed by atoms with Gasteiger partial charge in [-0.05, 0) is 56.1 Å². The van der Waals surface area contributed by atoms with Crippen LogP contribution in [-0.4, -0.2) is 50.6 Å². The number of carbonyl (C=O) groups is 2. The number of nitrogens with zero attached hydrogens (tertiary/aromatic N) is 1. The van der Waals surface area contributed by atoms with Crippen molar-refractivity contribution >= 4 is 49.7 Å². The fourth-order valence-corrected chi connectivity index (χ4v) is 6.09. The minimum absolute atomic E-state index is 0.0124. The van der Waals surface area contributed by atoms with Crippen LogP contribution in [0.3, 0.4) is 0 Å². The molecule has 0 bridgehead atoms. The number of benzene rings is 1. The van der Waals surface area contributed by atoms with Crippen molar-refractivity contribution in [3.8, 4) is 0 Å². The second-order valence-electron chi connectivity index (χ2n) is 7.22. The van der Waals surface area contributed by atoms with E-state index in [-0.39, 0.29) is 11.5 Å². The zero-order valence-electron chi connectivity index (χ0n) is 17.4. The lowest BCUT2D eigenvalue weighted by atomic mass is 10.0. The highest BCUT2D eigenvalue weighted by Crippen LogP contribution is 2.37. The van der Waals surface area contributed by atoms with Gasteiger partial charge in [-0.1, -0.05) is 18.5 Å². The number of ether oxygens (including phenoxy) is 1. The highest BCUT2D eigenvalue weighted by atomic mass is 35.5. The maximum Gasteiger partial charge on any atom is 0.341 e. The summed E-state index contributed by atoms with van der Waals surface area (Å²) in [5.41, 5.74) is 1.22. The molecule has 1 amide bonds. The van der Waals surface area contributed by atoms with Crippen LogP contribution in [0.25, 0.3) is 0 Å². The van der Waals surface area contributed by atoms with E-state index in [1.807, 2.05) is 0 Å². The first-order chi connectivity index (χ1) is 14.7. The summed E-state index contributed by atoms with van der Waals surface area (Å²) in [5, 5.41) is 3.40. The molecule has 0 fully saturated rings. The summed E-state index contributed by atoms with van der Waals surface area (Å²) >= 11 is 7.12. The van der Waals surface area contributed by atoms with Gasteiger partial charge in [-0.2, -0.15) is 0 Å². The van der Waals surface area contributed by atoms with Crippen molar-refractivity contribution < 1.29 is 22.7 Å². The molecule has 2 heterocycles. The SMILES string of the molecule is CCCN1CCc2c(sc(NC(=O)CS(=O)(=O)c3ccc(Cl)cc3)c2C(=O)OCC)C1. The molecular formula is C21H25ClN2O5S2. The Morgan fingerprint density at radius 1 is 1.23 bits per heavy atom. The molecular weight excluding hydrogens is 460 g/mol. The number of anilines is 1. The van der Waals surface area contributed by atoms with Crippen LogP contribution in [0, 0.1) is 0 Å². The molecule has 0 radical (unpaired) electrons. The lowest BCUT2D eigenvalue weighted by Crippen LogP contribution is -2.31. The van der Waals surface area contributed by atoms with Crippen LogP contribution in [0.1, 0.15) is 41.1 Å². The van der Waals surface area contributed by atoms with E-state index in [9.17, 15) is 18.0 Å². The number of nitrogens with one attached hydrogen (secondary N) is 1. The second-order valence-corrected chi connectivity index (χ2v) is 10.7. The minimum Gasteiger partial charge on any atom is -0.462 e. The fourth-order valence-electron chi connectivity index (χ4n) is 3.53. The van der Waals surface area contributed by atoms with Crippen molar-refractivity contribution in [1.82, 2.24) is 4.90 Å². The molecule has 7 nitrogen and oxygen atoms in total. The Hall–Kier alpha value is -1.94. The van der Waals surface area contributed by atoms with Gasteiger partial charge < -0.3 is 10.1 Å². The van der Waals surface area contributed by atoms with E-state index in [2.05, 4.69) is 17.1 Å². The smallest absolute Gasteiger partial charge is 0.341 e. The molecule has 1 aliphatic rings. The molecule has 1 N–H and O–H groups in total. The number of hydrogen-bond donors (Lipinski definition) is 1. The predicted molar refractivity (Wildman–Crippen MR) is 122 cm³/mol.